The first-order valence-electron chi connectivity index (χ1n) is 6.96. The van der Waals surface area contributed by atoms with Crippen molar-refractivity contribution in [2.75, 3.05) is 0 Å². The van der Waals surface area contributed by atoms with Gasteiger partial charge in [-0.3, -0.25) is 4.79 Å². The lowest BCUT2D eigenvalue weighted by Gasteiger charge is -2.16. The molecule has 0 aliphatic carbocycles. The highest BCUT2D eigenvalue weighted by Crippen LogP contribution is 2.08. The van der Waals surface area contributed by atoms with Crippen molar-refractivity contribution in [1.29, 1.82) is 0 Å². The number of carboxylic acids is 1. The summed E-state index contributed by atoms with van der Waals surface area (Å²) in [7, 11) is 0. The van der Waals surface area contributed by atoms with E-state index in [-0.39, 0.29) is 11.8 Å². The topological polar surface area (TPSA) is 66.4 Å². The van der Waals surface area contributed by atoms with E-state index in [4.69, 9.17) is 5.11 Å². The van der Waals surface area contributed by atoms with Gasteiger partial charge in [-0.05, 0) is 31.2 Å². The summed E-state index contributed by atoms with van der Waals surface area (Å²) in [6.45, 7) is 5.89. The third-order valence-electron chi connectivity index (χ3n) is 3.06. The number of nitrogens with one attached hydrogen (secondary N) is 1. The molecule has 0 aromatic heterocycles. The van der Waals surface area contributed by atoms with Crippen LogP contribution in [0, 0.1) is 12.8 Å². The van der Waals surface area contributed by atoms with Crippen molar-refractivity contribution in [3.8, 4) is 0 Å². The summed E-state index contributed by atoms with van der Waals surface area (Å²) in [5.41, 5.74) is 2.25. The van der Waals surface area contributed by atoms with Gasteiger partial charge in [-0.1, -0.05) is 43.7 Å². The number of benzene rings is 1. The molecule has 0 aliphatic rings. The zero-order valence-corrected chi connectivity index (χ0v) is 12.3. The predicted molar refractivity (Wildman–Crippen MR) is 78.5 cm³/mol. The van der Waals surface area contributed by atoms with Crippen molar-refractivity contribution < 1.29 is 14.7 Å². The summed E-state index contributed by atoms with van der Waals surface area (Å²) in [6.07, 6.45) is 1.39. The average Bonchev–Trinajstić information content (AvgIpc) is 2.35. The van der Waals surface area contributed by atoms with Gasteiger partial charge >= 0.3 is 5.97 Å². The van der Waals surface area contributed by atoms with Gasteiger partial charge in [-0.15, -0.1) is 0 Å². The van der Waals surface area contributed by atoms with Crippen molar-refractivity contribution in [3.05, 3.63) is 35.4 Å². The van der Waals surface area contributed by atoms with E-state index in [1.807, 2.05) is 45.0 Å². The van der Waals surface area contributed by atoms with E-state index in [2.05, 4.69) is 5.32 Å². The van der Waals surface area contributed by atoms with Crippen LogP contribution in [0.4, 0.5) is 0 Å². The van der Waals surface area contributed by atoms with Crippen LogP contribution in [0.25, 0.3) is 0 Å². The van der Waals surface area contributed by atoms with Gasteiger partial charge in [-0.25, -0.2) is 4.79 Å². The summed E-state index contributed by atoms with van der Waals surface area (Å²) in [5, 5.41) is 11.7. The molecule has 0 fully saturated rings. The second kappa shape index (κ2) is 7.68. The van der Waals surface area contributed by atoms with Crippen LogP contribution < -0.4 is 5.32 Å². The number of aryl methyl sites for hydroxylation is 2. The van der Waals surface area contributed by atoms with Crippen molar-refractivity contribution in [2.45, 2.75) is 46.1 Å². The molecule has 1 aromatic rings. The van der Waals surface area contributed by atoms with E-state index < -0.39 is 12.0 Å². The molecule has 0 saturated carbocycles. The first-order chi connectivity index (χ1) is 9.38. The smallest absolute Gasteiger partial charge is 0.326 e. The number of rotatable bonds is 7. The van der Waals surface area contributed by atoms with Crippen molar-refractivity contribution >= 4 is 11.9 Å². The third-order valence-corrected chi connectivity index (χ3v) is 3.06. The lowest BCUT2D eigenvalue weighted by Crippen LogP contribution is -2.41. The van der Waals surface area contributed by atoms with Crippen LogP contribution in [0.2, 0.25) is 0 Å². The molecule has 1 aromatic carbocycles. The quantitative estimate of drug-likeness (QED) is 0.805. The number of carboxylic acid groups (broad SMARTS) is 1. The SMILES string of the molecule is Cc1cccc(CCC(=O)N[C@@H](CC(C)C)C(=O)O)c1. The van der Waals surface area contributed by atoms with Crippen LogP contribution in [-0.4, -0.2) is 23.0 Å². The lowest BCUT2D eigenvalue weighted by atomic mass is 10.0. The van der Waals surface area contributed by atoms with E-state index in [9.17, 15) is 9.59 Å². The van der Waals surface area contributed by atoms with E-state index in [0.29, 0.717) is 19.3 Å². The Labute approximate surface area is 120 Å². The van der Waals surface area contributed by atoms with E-state index in [1.165, 1.54) is 0 Å². The van der Waals surface area contributed by atoms with E-state index >= 15 is 0 Å². The van der Waals surface area contributed by atoms with Gasteiger partial charge in [0.25, 0.3) is 0 Å². The molecule has 20 heavy (non-hydrogen) atoms. The largest absolute Gasteiger partial charge is 0.480 e. The van der Waals surface area contributed by atoms with Crippen LogP contribution in [0.15, 0.2) is 24.3 Å². The zero-order valence-electron chi connectivity index (χ0n) is 12.3. The lowest BCUT2D eigenvalue weighted by molar-refractivity contribution is -0.142. The number of aliphatic carboxylic acids is 1. The molecule has 0 unspecified atom stereocenters. The summed E-state index contributed by atoms with van der Waals surface area (Å²) in [4.78, 5) is 22.9. The average molecular weight is 277 g/mol. The van der Waals surface area contributed by atoms with Crippen LogP contribution >= 0.6 is 0 Å². The zero-order chi connectivity index (χ0) is 15.1. The highest BCUT2D eigenvalue weighted by atomic mass is 16.4. The number of amides is 1. The van der Waals surface area contributed by atoms with Gasteiger partial charge in [0.05, 0.1) is 0 Å². The molecule has 1 amide bonds. The normalized spacial score (nSPS) is 12.2. The number of hydrogen-bond acceptors (Lipinski definition) is 2. The molecule has 110 valence electrons. The summed E-state index contributed by atoms with van der Waals surface area (Å²) in [6, 6.07) is 7.19. The Morgan fingerprint density at radius 1 is 1.30 bits per heavy atom. The van der Waals surface area contributed by atoms with Gasteiger partial charge in [0.1, 0.15) is 6.04 Å². The van der Waals surface area contributed by atoms with Crippen LogP contribution in [-0.2, 0) is 16.0 Å². The second-order valence-corrected chi connectivity index (χ2v) is 5.58. The fourth-order valence-electron chi connectivity index (χ4n) is 2.08. The van der Waals surface area contributed by atoms with Gasteiger partial charge < -0.3 is 10.4 Å². The molecule has 0 aliphatic heterocycles. The van der Waals surface area contributed by atoms with Crippen LogP contribution in [0.3, 0.4) is 0 Å². The standard InChI is InChI=1S/C16H23NO3/c1-11(2)9-14(16(19)20)17-15(18)8-7-13-6-4-5-12(3)10-13/h4-6,10-11,14H,7-9H2,1-3H3,(H,17,18)(H,19,20)/t14-/m0/s1. The minimum Gasteiger partial charge on any atom is -0.480 e. The molecule has 0 spiro atoms. The third kappa shape index (κ3) is 5.87. The molecule has 4 nitrogen and oxygen atoms in total. The highest BCUT2D eigenvalue weighted by Gasteiger charge is 2.20. The maximum absolute atomic E-state index is 11.8. The Hall–Kier alpha value is -1.84. The Bertz CT molecular complexity index is 469. The van der Waals surface area contributed by atoms with Crippen molar-refractivity contribution in [3.63, 3.8) is 0 Å². The van der Waals surface area contributed by atoms with Crippen molar-refractivity contribution in [1.82, 2.24) is 5.32 Å². The Morgan fingerprint density at radius 2 is 2.00 bits per heavy atom. The molecule has 1 rings (SSSR count). The van der Waals surface area contributed by atoms with Gasteiger partial charge in [0.15, 0.2) is 0 Å². The second-order valence-electron chi connectivity index (χ2n) is 5.58. The molecular formula is C16H23NO3. The molecule has 0 bridgehead atoms. The summed E-state index contributed by atoms with van der Waals surface area (Å²) < 4.78 is 0. The summed E-state index contributed by atoms with van der Waals surface area (Å²) >= 11 is 0. The minimum atomic E-state index is -0.970. The molecule has 2 N–H and O–H groups in total. The minimum absolute atomic E-state index is 0.209. The maximum Gasteiger partial charge on any atom is 0.326 e. The Morgan fingerprint density at radius 3 is 2.55 bits per heavy atom. The first kappa shape index (κ1) is 16.2. The molecule has 4 heteroatoms. The monoisotopic (exact) mass is 277 g/mol. The molecule has 0 heterocycles. The highest BCUT2D eigenvalue weighted by molar-refractivity contribution is 5.83. The Kier molecular flexibility index (Phi) is 6.22. The van der Waals surface area contributed by atoms with Gasteiger partial charge in [0.2, 0.25) is 5.91 Å². The Balaban J connectivity index is 2.47. The van der Waals surface area contributed by atoms with Crippen LogP contribution in [0.5, 0.6) is 0 Å². The fourth-order valence-corrected chi connectivity index (χ4v) is 2.08. The van der Waals surface area contributed by atoms with Crippen molar-refractivity contribution in [2.24, 2.45) is 5.92 Å². The fraction of sp³-hybridized carbons (Fsp3) is 0.500. The molecule has 1 atom stereocenters. The number of carbonyl (C=O) groups is 2. The van der Waals surface area contributed by atoms with E-state index in [1.54, 1.807) is 0 Å². The predicted octanol–water partition coefficient (Wildman–Crippen LogP) is 2.54. The van der Waals surface area contributed by atoms with E-state index in [0.717, 1.165) is 11.1 Å². The molecule has 0 radical (unpaired) electrons. The summed E-state index contributed by atoms with van der Waals surface area (Å²) in [5.74, 6) is -0.949. The molecular weight excluding hydrogens is 254 g/mol. The van der Waals surface area contributed by atoms with Gasteiger partial charge in [-0.2, -0.15) is 0 Å². The van der Waals surface area contributed by atoms with Crippen LogP contribution in [0.1, 0.15) is 37.8 Å². The number of carbonyl (C=O) groups excluding carboxylic acids is 1. The molecule has 0 saturated heterocycles. The maximum atomic E-state index is 11.8. The number of hydrogen-bond donors (Lipinski definition) is 2. The first-order valence-corrected chi connectivity index (χ1v) is 6.96. The van der Waals surface area contributed by atoms with Gasteiger partial charge in [0, 0.05) is 6.42 Å².